The lowest BCUT2D eigenvalue weighted by Crippen LogP contribution is -2.39. The molecule has 0 saturated heterocycles. The van der Waals surface area contributed by atoms with E-state index in [0.29, 0.717) is 34.6 Å². The lowest BCUT2D eigenvalue weighted by atomic mass is 10.2. The van der Waals surface area contributed by atoms with Gasteiger partial charge in [0.1, 0.15) is 11.7 Å². The van der Waals surface area contributed by atoms with E-state index < -0.39 is 11.9 Å². The smallest absolute Gasteiger partial charge is 0.242 e. The zero-order valence-electron chi connectivity index (χ0n) is 16.6. The number of H-pyrrole nitrogens is 1. The highest BCUT2D eigenvalue weighted by Crippen LogP contribution is 2.28. The molecule has 3 N–H and O–H groups in total. The molecule has 0 aromatic carbocycles. The van der Waals surface area contributed by atoms with Gasteiger partial charge in [-0.2, -0.15) is 0 Å². The van der Waals surface area contributed by atoms with Crippen molar-refractivity contribution in [2.75, 3.05) is 11.9 Å². The molecule has 0 aliphatic carbocycles. The van der Waals surface area contributed by atoms with E-state index in [4.69, 9.17) is 11.6 Å². The molecule has 0 radical (unpaired) electrons. The number of nitrogens with zero attached hydrogens (tertiary/aromatic N) is 4. The summed E-state index contributed by atoms with van der Waals surface area (Å²) in [5.74, 6) is -0.714. The fourth-order valence-corrected chi connectivity index (χ4v) is 3.22. The quantitative estimate of drug-likeness (QED) is 0.395. The molecule has 0 aliphatic rings. The molecule has 0 saturated carbocycles. The number of carbonyl (C=O) groups excluding carboxylic acids is 1. The van der Waals surface area contributed by atoms with Crippen molar-refractivity contribution in [1.29, 1.82) is 0 Å². The highest BCUT2D eigenvalue weighted by Gasteiger charge is 2.18. The summed E-state index contributed by atoms with van der Waals surface area (Å²) < 4.78 is 14.3. The Labute approximate surface area is 186 Å². The molecule has 8 nitrogen and oxygen atoms in total. The normalized spacial score (nSPS) is 12.0. The lowest BCUT2D eigenvalue weighted by Gasteiger charge is -2.15. The summed E-state index contributed by atoms with van der Waals surface area (Å²) in [6.07, 6.45) is 8.36. The van der Waals surface area contributed by atoms with Crippen LogP contribution in [-0.2, 0) is 11.2 Å². The third-order valence-corrected chi connectivity index (χ3v) is 4.87. The number of anilines is 1. The topological polar surface area (TPSA) is 108 Å². The predicted molar refractivity (Wildman–Crippen MR) is 122 cm³/mol. The number of halogens is 2. The van der Waals surface area contributed by atoms with Gasteiger partial charge in [-0.05, 0) is 31.0 Å². The Kier molecular flexibility index (Phi) is 6.03. The van der Waals surface area contributed by atoms with Crippen LogP contribution in [0.5, 0.6) is 0 Å². The maximum Gasteiger partial charge on any atom is 0.242 e. The molecule has 0 unspecified atom stereocenters. The summed E-state index contributed by atoms with van der Waals surface area (Å²) in [6.45, 7) is 2.08. The Morgan fingerprint density at radius 2 is 2.19 bits per heavy atom. The van der Waals surface area contributed by atoms with Crippen LogP contribution in [-0.4, -0.2) is 43.4 Å². The SMILES string of the molecule is C[C@H](Nc1nc(-c2c[nH]c3ncc(Cl)cc23)ncc1F)C(=O)NCCc1cccnc1.[HH].[HH].[HH]. The maximum absolute atomic E-state index is 14.3. The van der Waals surface area contributed by atoms with Crippen molar-refractivity contribution >= 4 is 34.4 Å². The minimum absolute atomic E-state index is 0. The van der Waals surface area contributed by atoms with E-state index in [2.05, 4.69) is 35.6 Å². The summed E-state index contributed by atoms with van der Waals surface area (Å²) >= 11 is 6.04. The predicted octanol–water partition coefficient (Wildman–Crippen LogP) is 4.10. The second kappa shape index (κ2) is 9.05. The molecule has 0 aliphatic heterocycles. The molecule has 4 heterocycles. The van der Waals surface area contributed by atoms with Gasteiger partial charge in [0.2, 0.25) is 5.91 Å². The van der Waals surface area contributed by atoms with Gasteiger partial charge >= 0.3 is 0 Å². The van der Waals surface area contributed by atoms with Crippen LogP contribution in [0.1, 0.15) is 16.8 Å². The molecular formula is C21H25ClFN7O. The molecule has 4 aromatic rings. The summed E-state index contributed by atoms with van der Waals surface area (Å²) in [6, 6.07) is 4.80. The van der Waals surface area contributed by atoms with Gasteiger partial charge in [-0.25, -0.2) is 19.3 Å². The fraction of sp³-hybridized carbons (Fsp3) is 0.190. The average Bonchev–Trinajstić information content (AvgIpc) is 3.19. The highest BCUT2D eigenvalue weighted by atomic mass is 35.5. The van der Waals surface area contributed by atoms with E-state index in [1.807, 2.05) is 12.1 Å². The van der Waals surface area contributed by atoms with E-state index in [0.717, 1.165) is 11.8 Å². The number of carbonyl (C=O) groups is 1. The van der Waals surface area contributed by atoms with E-state index in [9.17, 15) is 9.18 Å². The number of hydrogen-bond acceptors (Lipinski definition) is 6. The van der Waals surface area contributed by atoms with E-state index in [-0.39, 0.29) is 21.8 Å². The van der Waals surface area contributed by atoms with Crippen LogP contribution >= 0.6 is 11.6 Å². The van der Waals surface area contributed by atoms with Gasteiger partial charge < -0.3 is 15.6 Å². The summed E-state index contributed by atoms with van der Waals surface area (Å²) in [5, 5.41) is 6.82. The monoisotopic (exact) mass is 445 g/mol. The minimum atomic E-state index is -0.703. The van der Waals surface area contributed by atoms with Crippen LogP contribution in [0.25, 0.3) is 22.4 Å². The van der Waals surface area contributed by atoms with E-state index in [1.165, 1.54) is 6.20 Å². The number of hydrogen-bond donors (Lipinski definition) is 3. The third kappa shape index (κ3) is 4.77. The van der Waals surface area contributed by atoms with Crippen LogP contribution < -0.4 is 10.6 Å². The van der Waals surface area contributed by atoms with Crippen molar-refractivity contribution in [3.63, 3.8) is 0 Å². The first-order valence-corrected chi connectivity index (χ1v) is 9.98. The van der Waals surface area contributed by atoms with Gasteiger partial charge in [-0.3, -0.25) is 9.78 Å². The highest BCUT2D eigenvalue weighted by molar-refractivity contribution is 6.31. The Morgan fingerprint density at radius 3 is 3.00 bits per heavy atom. The first-order chi connectivity index (χ1) is 15.0. The largest absolute Gasteiger partial charge is 0.356 e. The Morgan fingerprint density at radius 1 is 1.32 bits per heavy atom. The van der Waals surface area contributed by atoms with Gasteiger partial charge in [0, 0.05) is 46.6 Å². The molecule has 4 aromatic heterocycles. The number of aromatic nitrogens is 5. The first kappa shape index (κ1) is 20.7. The van der Waals surface area contributed by atoms with Gasteiger partial charge in [-0.15, -0.1) is 0 Å². The number of amides is 1. The van der Waals surface area contributed by atoms with E-state index >= 15 is 0 Å². The number of fused-ring (bicyclic) bond motifs is 1. The summed E-state index contributed by atoms with van der Waals surface area (Å²) in [5.41, 5.74) is 2.26. The maximum atomic E-state index is 14.3. The Bertz CT molecular complexity index is 1230. The van der Waals surface area contributed by atoms with Gasteiger partial charge in [0.05, 0.1) is 11.2 Å². The molecule has 31 heavy (non-hydrogen) atoms. The number of aromatic amines is 1. The van der Waals surface area contributed by atoms with Crippen LogP contribution in [0.3, 0.4) is 0 Å². The molecule has 0 fully saturated rings. The van der Waals surface area contributed by atoms with Gasteiger partial charge in [-0.1, -0.05) is 17.7 Å². The van der Waals surface area contributed by atoms with E-state index in [1.54, 1.807) is 31.6 Å². The number of nitrogens with one attached hydrogen (secondary N) is 3. The van der Waals surface area contributed by atoms with Gasteiger partial charge in [0.25, 0.3) is 0 Å². The van der Waals surface area contributed by atoms with Crippen LogP contribution in [0.2, 0.25) is 5.02 Å². The van der Waals surface area contributed by atoms with Crippen molar-refractivity contribution < 1.29 is 13.5 Å². The van der Waals surface area contributed by atoms with Crippen LogP contribution in [0, 0.1) is 5.82 Å². The zero-order chi connectivity index (χ0) is 21.8. The summed E-state index contributed by atoms with van der Waals surface area (Å²) in [7, 11) is 0. The van der Waals surface area contributed by atoms with Gasteiger partial charge in [0.15, 0.2) is 17.5 Å². The third-order valence-electron chi connectivity index (χ3n) is 4.66. The molecule has 4 rings (SSSR count). The zero-order valence-corrected chi connectivity index (χ0v) is 17.3. The number of rotatable bonds is 7. The van der Waals surface area contributed by atoms with Crippen LogP contribution in [0.15, 0.2) is 49.2 Å². The van der Waals surface area contributed by atoms with Crippen molar-refractivity contribution in [3.05, 3.63) is 65.6 Å². The molecule has 164 valence electrons. The summed E-state index contributed by atoms with van der Waals surface area (Å²) in [4.78, 5) is 32.0. The van der Waals surface area contributed by atoms with Crippen molar-refractivity contribution in [2.45, 2.75) is 19.4 Å². The fourth-order valence-electron chi connectivity index (χ4n) is 3.06. The van der Waals surface area contributed by atoms with Crippen LogP contribution in [0.4, 0.5) is 10.2 Å². The first-order valence-electron chi connectivity index (χ1n) is 9.60. The second-order valence-corrected chi connectivity index (χ2v) is 7.35. The molecule has 0 bridgehead atoms. The standard InChI is InChI=1S/C21H19ClFN7O.3H2/c1-12(21(31)25-6-4-13-3-2-5-24-8-13)29-20-17(23)11-28-19(30-20)16-10-27-18-15(16)7-14(22)9-26-18;;;/h2-3,5,7-12H,4,6H2,1H3,(H,25,31)(H,26,27)(H,28,29,30);3*1H/t12-;;;/m0.../s1. The minimum Gasteiger partial charge on any atom is -0.356 e. The Hall–Kier alpha value is -3.59. The molecule has 0 spiro atoms. The van der Waals surface area contributed by atoms with Crippen molar-refractivity contribution in [1.82, 2.24) is 30.2 Å². The van der Waals surface area contributed by atoms with Crippen molar-refractivity contribution in [2.24, 2.45) is 0 Å². The molecular weight excluding hydrogens is 421 g/mol. The average molecular weight is 446 g/mol. The number of pyridine rings is 2. The Balaban J connectivity index is 0.00000193. The molecule has 1 amide bonds. The van der Waals surface area contributed by atoms with Crippen molar-refractivity contribution in [3.8, 4) is 11.4 Å². The lowest BCUT2D eigenvalue weighted by molar-refractivity contribution is -0.121. The molecule has 1 atom stereocenters. The molecule has 10 heteroatoms. The second-order valence-electron chi connectivity index (χ2n) is 6.91.